The van der Waals surface area contributed by atoms with E-state index in [1.165, 1.54) is 24.8 Å². The summed E-state index contributed by atoms with van der Waals surface area (Å²) in [5, 5.41) is 0. The van der Waals surface area contributed by atoms with Gasteiger partial charge in [0.05, 0.1) is 5.41 Å². The van der Waals surface area contributed by atoms with Crippen molar-refractivity contribution >= 4 is 17.6 Å². The average molecular weight is 353 g/mol. The van der Waals surface area contributed by atoms with E-state index in [0.29, 0.717) is 24.3 Å². The number of carbonyl (C=O) groups is 2. The van der Waals surface area contributed by atoms with Gasteiger partial charge in [-0.05, 0) is 81.3 Å². The lowest BCUT2D eigenvalue weighted by Crippen LogP contribution is -2.52. The van der Waals surface area contributed by atoms with Crippen molar-refractivity contribution in [3.05, 3.63) is 29.8 Å². The normalized spacial score (nSPS) is 35.3. The van der Waals surface area contributed by atoms with E-state index < -0.39 is 6.10 Å². The number of amides is 1. The average Bonchev–Trinajstić information content (AvgIpc) is 3.04. The van der Waals surface area contributed by atoms with E-state index in [2.05, 4.69) is 6.07 Å². The number of nitrogens with zero attached hydrogens (tertiary/aromatic N) is 1. The number of ether oxygens (including phenoxy) is 1. The minimum absolute atomic E-state index is 0.0898. The van der Waals surface area contributed by atoms with E-state index in [1.54, 1.807) is 11.8 Å². The third kappa shape index (κ3) is 2.49. The van der Waals surface area contributed by atoms with Gasteiger partial charge in [0.1, 0.15) is 0 Å². The van der Waals surface area contributed by atoms with Gasteiger partial charge in [-0.3, -0.25) is 9.59 Å². The molecule has 26 heavy (non-hydrogen) atoms. The largest absolute Gasteiger partial charge is 0.452 e. The van der Waals surface area contributed by atoms with Crippen molar-refractivity contribution in [2.24, 2.45) is 23.2 Å². The molecule has 1 atom stereocenters. The van der Waals surface area contributed by atoms with E-state index in [-0.39, 0.29) is 17.3 Å². The summed E-state index contributed by atoms with van der Waals surface area (Å²) in [4.78, 5) is 27.8. The van der Waals surface area contributed by atoms with E-state index in [9.17, 15) is 9.59 Å². The zero-order valence-electron chi connectivity index (χ0n) is 15.4. The fourth-order valence-electron chi connectivity index (χ4n) is 6.48. The summed E-state index contributed by atoms with van der Waals surface area (Å²) in [6.45, 7) is 2.42. The third-order valence-corrected chi connectivity index (χ3v) is 7.26. The summed E-state index contributed by atoms with van der Waals surface area (Å²) in [5.74, 6) is 1.90. The molecule has 4 aliphatic carbocycles. The molecule has 4 nitrogen and oxygen atoms in total. The maximum absolute atomic E-state index is 13.1. The van der Waals surface area contributed by atoms with E-state index in [0.717, 1.165) is 31.4 Å². The van der Waals surface area contributed by atoms with Gasteiger partial charge < -0.3 is 9.64 Å². The van der Waals surface area contributed by atoms with Crippen molar-refractivity contribution in [3.8, 4) is 0 Å². The molecule has 1 heterocycles. The number of anilines is 1. The Bertz CT molecular complexity index is 720. The summed E-state index contributed by atoms with van der Waals surface area (Å²) in [6, 6.07) is 8.00. The first-order chi connectivity index (χ1) is 12.5. The lowest BCUT2D eigenvalue weighted by atomic mass is 9.49. The third-order valence-electron chi connectivity index (χ3n) is 7.26. The van der Waals surface area contributed by atoms with Crippen molar-refractivity contribution in [2.75, 3.05) is 11.4 Å². The highest BCUT2D eigenvalue weighted by molar-refractivity contribution is 5.99. The van der Waals surface area contributed by atoms with Crippen LogP contribution in [0.25, 0.3) is 0 Å². The Morgan fingerprint density at radius 1 is 1.08 bits per heavy atom. The van der Waals surface area contributed by atoms with Gasteiger partial charge in [-0.1, -0.05) is 18.2 Å². The van der Waals surface area contributed by atoms with Crippen molar-refractivity contribution in [3.63, 3.8) is 0 Å². The number of hydrogen-bond acceptors (Lipinski definition) is 3. The van der Waals surface area contributed by atoms with E-state index in [4.69, 9.17) is 4.74 Å². The van der Waals surface area contributed by atoms with Crippen LogP contribution in [0.1, 0.15) is 51.0 Å². The van der Waals surface area contributed by atoms with Crippen molar-refractivity contribution in [1.29, 1.82) is 0 Å². The first-order valence-corrected chi connectivity index (χ1v) is 10.1. The fourth-order valence-corrected chi connectivity index (χ4v) is 6.48. The molecule has 4 saturated carbocycles. The predicted octanol–water partition coefficient (Wildman–Crippen LogP) is 3.72. The minimum atomic E-state index is -0.707. The SMILES string of the molecule is C[C@@H](OC(=O)C12CC3CC(CC(C3)C1)C2)C(=O)N1CCc2ccccc21. The first kappa shape index (κ1) is 16.3. The predicted molar refractivity (Wildman–Crippen MR) is 98.7 cm³/mol. The van der Waals surface area contributed by atoms with Crippen molar-refractivity contribution in [2.45, 2.75) is 58.0 Å². The molecule has 4 bridgehead atoms. The zero-order chi connectivity index (χ0) is 17.9. The van der Waals surface area contributed by atoms with Crippen molar-refractivity contribution < 1.29 is 14.3 Å². The van der Waals surface area contributed by atoms with E-state index in [1.807, 2.05) is 18.2 Å². The zero-order valence-corrected chi connectivity index (χ0v) is 15.4. The summed E-state index contributed by atoms with van der Waals surface area (Å²) in [6.07, 6.45) is 6.99. The fraction of sp³-hybridized carbons (Fsp3) is 0.636. The molecule has 1 aromatic rings. The number of rotatable bonds is 3. The number of hydrogen-bond donors (Lipinski definition) is 0. The standard InChI is InChI=1S/C22H27NO3/c1-14(20(24)23-7-6-18-4-2-3-5-19(18)23)26-21(25)22-11-15-8-16(12-22)10-17(9-15)13-22/h2-5,14-17H,6-13H2,1H3/t14-,15?,16?,17?,22?/m1/s1. The van der Waals surface area contributed by atoms with Crippen LogP contribution in [0.3, 0.4) is 0 Å². The van der Waals surface area contributed by atoms with Crippen LogP contribution in [0.15, 0.2) is 24.3 Å². The summed E-state index contributed by atoms with van der Waals surface area (Å²) >= 11 is 0. The highest BCUT2D eigenvalue weighted by atomic mass is 16.5. The van der Waals surface area contributed by atoms with E-state index >= 15 is 0 Å². The Labute approximate surface area is 154 Å². The monoisotopic (exact) mass is 353 g/mol. The van der Waals surface area contributed by atoms with Crippen molar-refractivity contribution in [1.82, 2.24) is 0 Å². The molecule has 0 spiro atoms. The Hall–Kier alpha value is -1.84. The maximum Gasteiger partial charge on any atom is 0.312 e. The summed E-state index contributed by atoms with van der Waals surface area (Å²) < 4.78 is 5.79. The molecule has 5 aliphatic rings. The second-order valence-electron chi connectivity index (χ2n) is 9.11. The van der Waals surface area contributed by atoms with Gasteiger partial charge in [0.25, 0.3) is 5.91 Å². The van der Waals surface area contributed by atoms with Crippen LogP contribution >= 0.6 is 0 Å². The molecule has 1 aliphatic heterocycles. The molecule has 0 unspecified atom stereocenters. The Morgan fingerprint density at radius 3 is 2.35 bits per heavy atom. The topological polar surface area (TPSA) is 46.6 Å². The molecular weight excluding hydrogens is 326 g/mol. The number of para-hydroxylation sites is 1. The quantitative estimate of drug-likeness (QED) is 0.778. The molecule has 4 fully saturated rings. The Kier molecular flexibility index (Phi) is 3.67. The molecule has 1 amide bonds. The molecule has 0 aromatic heterocycles. The van der Waals surface area contributed by atoms with Gasteiger partial charge >= 0.3 is 5.97 Å². The number of benzene rings is 1. The molecular formula is C22H27NO3. The molecule has 6 rings (SSSR count). The van der Waals surface area contributed by atoms with Crippen LogP contribution in [0.2, 0.25) is 0 Å². The lowest BCUT2D eigenvalue weighted by molar-refractivity contribution is -0.178. The highest BCUT2D eigenvalue weighted by Crippen LogP contribution is 2.60. The first-order valence-electron chi connectivity index (χ1n) is 10.1. The van der Waals surface area contributed by atoms with Crippen LogP contribution in [0.5, 0.6) is 0 Å². The number of carbonyl (C=O) groups excluding carboxylic acids is 2. The summed E-state index contributed by atoms with van der Waals surface area (Å²) in [5.41, 5.74) is 1.86. The smallest absolute Gasteiger partial charge is 0.312 e. The van der Waals surface area contributed by atoms with Crippen LogP contribution in [0.4, 0.5) is 5.69 Å². The second kappa shape index (κ2) is 5.83. The lowest BCUT2D eigenvalue weighted by Gasteiger charge is -2.55. The van der Waals surface area contributed by atoms with Gasteiger partial charge in [-0.2, -0.15) is 0 Å². The van der Waals surface area contributed by atoms with Crippen LogP contribution in [-0.4, -0.2) is 24.5 Å². The number of esters is 1. The Balaban J connectivity index is 1.29. The van der Waals surface area contributed by atoms with Crippen LogP contribution in [0, 0.1) is 23.2 Å². The molecule has 0 N–H and O–H groups in total. The van der Waals surface area contributed by atoms with Gasteiger partial charge in [0.2, 0.25) is 0 Å². The van der Waals surface area contributed by atoms with Gasteiger partial charge in [-0.25, -0.2) is 0 Å². The summed E-state index contributed by atoms with van der Waals surface area (Å²) in [7, 11) is 0. The highest BCUT2D eigenvalue weighted by Gasteiger charge is 2.56. The van der Waals surface area contributed by atoms with Crippen LogP contribution in [-0.2, 0) is 20.7 Å². The van der Waals surface area contributed by atoms with Crippen LogP contribution < -0.4 is 4.90 Å². The van der Waals surface area contributed by atoms with Gasteiger partial charge in [0, 0.05) is 12.2 Å². The molecule has 138 valence electrons. The minimum Gasteiger partial charge on any atom is -0.452 e. The second-order valence-corrected chi connectivity index (χ2v) is 9.11. The molecule has 4 heteroatoms. The number of fused-ring (bicyclic) bond motifs is 1. The molecule has 1 aromatic carbocycles. The molecule has 0 radical (unpaired) electrons. The van der Waals surface area contributed by atoms with Gasteiger partial charge in [0.15, 0.2) is 6.10 Å². The maximum atomic E-state index is 13.1. The van der Waals surface area contributed by atoms with Gasteiger partial charge in [-0.15, -0.1) is 0 Å². The Morgan fingerprint density at radius 2 is 1.69 bits per heavy atom. The molecule has 0 saturated heterocycles.